The second-order valence-corrected chi connectivity index (χ2v) is 6.43. The first-order chi connectivity index (χ1) is 12.0. The lowest BCUT2D eigenvalue weighted by atomic mass is 9.97. The number of phenols is 1. The first kappa shape index (κ1) is 17.1. The van der Waals surface area contributed by atoms with Crippen LogP contribution in [0.2, 0.25) is 0 Å². The zero-order valence-corrected chi connectivity index (χ0v) is 14.9. The van der Waals surface area contributed by atoms with Crippen molar-refractivity contribution in [3.05, 3.63) is 69.9 Å². The molecule has 0 aliphatic carbocycles. The topological polar surface area (TPSA) is 80.4 Å². The number of aryl methyl sites for hydroxylation is 1. The van der Waals surface area contributed by atoms with E-state index in [1.807, 2.05) is 30.3 Å². The van der Waals surface area contributed by atoms with Crippen LogP contribution >= 0.6 is 15.9 Å². The number of aromatic hydroxyl groups is 1. The molecule has 0 unspecified atom stereocenters. The number of hydrogen-bond acceptors (Lipinski definition) is 5. The highest BCUT2D eigenvalue weighted by Crippen LogP contribution is 2.28. The van der Waals surface area contributed by atoms with E-state index in [4.69, 9.17) is 4.52 Å². The van der Waals surface area contributed by atoms with E-state index in [0.717, 1.165) is 5.56 Å². The lowest BCUT2D eigenvalue weighted by Gasteiger charge is -2.05. The van der Waals surface area contributed by atoms with Crippen molar-refractivity contribution in [3.8, 4) is 17.0 Å². The Kier molecular flexibility index (Phi) is 4.81. The van der Waals surface area contributed by atoms with Gasteiger partial charge < -0.3 is 9.63 Å². The molecule has 0 radical (unpaired) electrons. The molecule has 6 heteroatoms. The lowest BCUT2D eigenvalue weighted by Crippen LogP contribution is -2.10. The fourth-order valence-electron chi connectivity index (χ4n) is 2.55. The Morgan fingerprint density at radius 2 is 1.84 bits per heavy atom. The normalized spacial score (nSPS) is 10.6. The van der Waals surface area contributed by atoms with E-state index in [2.05, 4.69) is 21.1 Å². The van der Waals surface area contributed by atoms with Crippen molar-refractivity contribution in [1.29, 1.82) is 0 Å². The number of carbonyl (C=O) groups is 2. The van der Waals surface area contributed by atoms with Crippen molar-refractivity contribution < 1.29 is 19.2 Å². The second-order valence-electron chi connectivity index (χ2n) is 5.51. The molecule has 1 heterocycles. The molecule has 5 nitrogen and oxygen atoms in total. The quantitative estimate of drug-likeness (QED) is 0.501. The summed E-state index contributed by atoms with van der Waals surface area (Å²) in [6.45, 7) is 1.63. The van der Waals surface area contributed by atoms with E-state index in [1.54, 1.807) is 13.0 Å². The average molecular weight is 400 g/mol. The summed E-state index contributed by atoms with van der Waals surface area (Å²) in [6.07, 6.45) is -0.383. The van der Waals surface area contributed by atoms with E-state index < -0.39 is 11.6 Å². The minimum Gasteiger partial charge on any atom is -0.507 e. The third-order valence-corrected chi connectivity index (χ3v) is 4.26. The molecule has 0 atom stereocenters. The van der Waals surface area contributed by atoms with Gasteiger partial charge in [-0.05, 0) is 25.1 Å². The van der Waals surface area contributed by atoms with Gasteiger partial charge in [-0.15, -0.1) is 0 Å². The molecule has 2 aromatic carbocycles. The maximum absolute atomic E-state index is 12.7. The van der Waals surface area contributed by atoms with Crippen LogP contribution in [-0.2, 0) is 0 Å². The monoisotopic (exact) mass is 399 g/mol. The van der Waals surface area contributed by atoms with Crippen LogP contribution in [0.3, 0.4) is 0 Å². The molecular formula is C19H14BrNO4. The molecule has 0 saturated carbocycles. The first-order valence-corrected chi connectivity index (χ1v) is 8.33. The number of aromatic nitrogens is 1. The highest BCUT2D eigenvalue weighted by Gasteiger charge is 2.24. The maximum atomic E-state index is 12.7. The van der Waals surface area contributed by atoms with Gasteiger partial charge in [-0.2, -0.15) is 0 Å². The maximum Gasteiger partial charge on any atom is 0.176 e. The highest BCUT2D eigenvalue weighted by atomic mass is 79.9. The number of phenolic OH excluding ortho intramolecular Hbond substituents is 1. The Morgan fingerprint density at radius 1 is 1.12 bits per heavy atom. The van der Waals surface area contributed by atoms with Gasteiger partial charge in [-0.25, -0.2) is 0 Å². The number of rotatable bonds is 5. The van der Waals surface area contributed by atoms with E-state index in [0.29, 0.717) is 15.9 Å². The number of benzene rings is 2. The van der Waals surface area contributed by atoms with Crippen molar-refractivity contribution in [2.24, 2.45) is 0 Å². The Balaban J connectivity index is 1.91. The summed E-state index contributed by atoms with van der Waals surface area (Å²) >= 11 is 3.25. The third-order valence-electron chi connectivity index (χ3n) is 3.77. The van der Waals surface area contributed by atoms with Crippen LogP contribution in [0.4, 0.5) is 0 Å². The van der Waals surface area contributed by atoms with Gasteiger partial charge >= 0.3 is 0 Å². The fourth-order valence-corrected chi connectivity index (χ4v) is 2.92. The fraction of sp³-hybridized carbons (Fsp3) is 0.105. The smallest absolute Gasteiger partial charge is 0.176 e. The van der Waals surface area contributed by atoms with Gasteiger partial charge in [0.1, 0.15) is 17.2 Å². The summed E-state index contributed by atoms with van der Waals surface area (Å²) in [6, 6.07) is 13.7. The zero-order valence-electron chi connectivity index (χ0n) is 13.3. The Hall–Kier alpha value is -2.73. The van der Waals surface area contributed by atoms with E-state index in [1.165, 1.54) is 12.1 Å². The van der Waals surface area contributed by atoms with E-state index >= 15 is 0 Å². The predicted octanol–water partition coefficient (Wildman–Crippen LogP) is 4.57. The standard InChI is InChI=1S/C19H14BrNO4/c1-11-18(19(21-25-11)12-5-3-2-4-6-12)17(24)10-16(23)14-9-13(20)7-8-15(14)22/h2-9,22H,10H2,1H3. The molecule has 1 N–H and O–H groups in total. The van der Waals surface area contributed by atoms with E-state index in [-0.39, 0.29) is 23.3 Å². The average Bonchev–Trinajstić information content (AvgIpc) is 2.99. The first-order valence-electron chi connectivity index (χ1n) is 7.54. The van der Waals surface area contributed by atoms with Crippen LogP contribution in [0.5, 0.6) is 5.75 Å². The second kappa shape index (κ2) is 7.03. The largest absolute Gasteiger partial charge is 0.507 e. The van der Waals surface area contributed by atoms with Crippen LogP contribution in [0, 0.1) is 6.92 Å². The van der Waals surface area contributed by atoms with Gasteiger partial charge in [0, 0.05) is 10.0 Å². The number of hydrogen-bond donors (Lipinski definition) is 1. The van der Waals surface area contributed by atoms with Gasteiger partial charge in [0.15, 0.2) is 11.6 Å². The number of nitrogens with zero attached hydrogens (tertiary/aromatic N) is 1. The molecule has 25 heavy (non-hydrogen) atoms. The molecule has 0 fully saturated rings. The van der Waals surface area contributed by atoms with Crippen LogP contribution < -0.4 is 0 Å². The van der Waals surface area contributed by atoms with Crippen molar-refractivity contribution in [2.75, 3.05) is 0 Å². The molecule has 3 rings (SSSR count). The van der Waals surface area contributed by atoms with Crippen LogP contribution in [-0.4, -0.2) is 21.8 Å². The van der Waals surface area contributed by atoms with Gasteiger partial charge in [0.25, 0.3) is 0 Å². The third kappa shape index (κ3) is 3.53. The minimum atomic E-state index is -0.469. The molecule has 0 amide bonds. The van der Waals surface area contributed by atoms with Gasteiger partial charge in [-0.1, -0.05) is 51.4 Å². The minimum absolute atomic E-state index is 0.0955. The van der Waals surface area contributed by atoms with E-state index in [9.17, 15) is 14.7 Å². The number of Topliss-reactive ketones (excluding diaryl/α,β-unsaturated/α-hetero) is 2. The number of ketones is 2. The lowest BCUT2D eigenvalue weighted by molar-refractivity contribution is 0.0892. The molecule has 0 saturated heterocycles. The molecule has 0 bridgehead atoms. The number of halogens is 1. The Labute approximate surface area is 152 Å². The SMILES string of the molecule is Cc1onc(-c2ccccc2)c1C(=O)CC(=O)c1cc(Br)ccc1O. The molecule has 0 aliphatic rings. The summed E-state index contributed by atoms with van der Waals surface area (Å²) in [7, 11) is 0. The highest BCUT2D eigenvalue weighted by molar-refractivity contribution is 9.10. The number of carbonyl (C=O) groups excluding carboxylic acids is 2. The summed E-state index contributed by atoms with van der Waals surface area (Å²) in [5.74, 6) is -0.674. The molecule has 126 valence electrons. The summed E-state index contributed by atoms with van der Waals surface area (Å²) in [5.41, 5.74) is 1.53. The van der Waals surface area contributed by atoms with Gasteiger partial charge in [0.05, 0.1) is 17.5 Å². The summed E-state index contributed by atoms with van der Waals surface area (Å²) in [4.78, 5) is 25.1. The molecule has 3 aromatic rings. The van der Waals surface area contributed by atoms with Crippen molar-refractivity contribution >= 4 is 27.5 Å². The molecule has 0 aliphatic heterocycles. The van der Waals surface area contributed by atoms with Gasteiger partial charge in [0.2, 0.25) is 0 Å². The Morgan fingerprint density at radius 3 is 2.56 bits per heavy atom. The molecule has 1 aromatic heterocycles. The van der Waals surface area contributed by atoms with Crippen LogP contribution in [0.25, 0.3) is 11.3 Å². The van der Waals surface area contributed by atoms with Crippen LogP contribution in [0.1, 0.15) is 32.9 Å². The summed E-state index contributed by atoms with van der Waals surface area (Å²) in [5, 5.41) is 13.8. The predicted molar refractivity (Wildman–Crippen MR) is 95.8 cm³/mol. The zero-order chi connectivity index (χ0) is 18.0. The van der Waals surface area contributed by atoms with Crippen molar-refractivity contribution in [1.82, 2.24) is 5.16 Å². The Bertz CT molecular complexity index is 947. The van der Waals surface area contributed by atoms with Crippen molar-refractivity contribution in [2.45, 2.75) is 13.3 Å². The van der Waals surface area contributed by atoms with Gasteiger partial charge in [-0.3, -0.25) is 9.59 Å². The van der Waals surface area contributed by atoms with Crippen molar-refractivity contribution in [3.63, 3.8) is 0 Å². The summed E-state index contributed by atoms with van der Waals surface area (Å²) < 4.78 is 5.81. The van der Waals surface area contributed by atoms with Crippen LogP contribution in [0.15, 0.2) is 57.5 Å². The molecule has 0 spiro atoms. The molecular weight excluding hydrogens is 386 g/mol.